The lowest BCUT2D eigenvalue weighted by Crippen LogP contribution is -2.20. The molecule has 0 radical (unpaired) electrons. The highest BCUT2D eigenvalue weighted by Crippen LogP contribution is 2.32. The van der Waals surface area contributed by atoms with Crippen LogP contribution in [0.5, 0.6) is 0 Å². The van der Waals surface area contributed by atoms with Crippen molar-refractivity contribution < 1.29 is 4.79 Å². The summed E-state index contributed by atoms with van der Waals surface area (Å²) in [6.07, 6.45) is 2.36. The van der Waals surface area contributed by atoms with Crippen molar-refractivity contribution in [3.8, 4) is 22.4 Å². The van der Waals surface area contributed by atoms with Gasteiger partial charge in [0.2, 0.25) is 5.91 Å². The summed E-state index contributed by atoms with van der Waals surface area (Å²) in [6.45, 7) is 0.574. The van der Waals surface area contributed by atoms with Crippen molar-refractivity contribution in [1.82, 2.24) is 15.1 Å². The third-order valence-electron chi connectivity index (χ3n) is 4.06. The molecule has 0 aliphatic heterocycles. The number of aryl methyl sites for hydroxylation is 1. The fraction of sp³-hybridized carbons (Fsp3) is 0.200. The van der Waals surface area contributed by atoms with Crippen LogP contribution in [0.3, 0.4) is 0 Å². The molecule has 0 fully saturated rings. The maximum absolute atomic E-state index is 11.4. The zero-order chi connectivity index (χ0) is 17.6. The van der Waals surface area contributed by atoms with Crippen LogP contribution in [0.2, 0.25) is 0 Å². The number of hydrogen-bond acceptors (Lipinski definition) is 3. The lowest BCUT2D eigenvalue weighted by molar-refractivity contribution is -0.120. The van der Waals surface area contributed by atoms with Gasteiger partial charge in [-0.15, -0.1) is 0 Å². The number of hydrogen-bond donors (Lipinski definition) is 2. The molecule has 0 aliphatic carbocycles. The van der Waals surface area contributed by atoms with Gasteiger partial charge in [-0.2, -0.15) is 5.10 Å². The standard InChI is InChI=1S/C20H22N4O/c1-21-20(25)10-12-22-18-9-8-16(15-6-4-3-5-7-15)14-17(18)19-11-13-24(2)23-19/h3-9,11,13-14,22H,10,12H2,1-2H3,(H,21,25). The van der Waals surface area contributed by atoms with Crippen molar-refractivity contribution in [2.24, 2.45) is 7.05 Å². The van der Waals surface area contributed by atoms with E-state index in [0.29, 0.717) is 13.0 Å². The number of rotatable bonds is 6. The van der Waals surface area contributed by atoms with Gasteiger partial charge in [0, 0.05) is 44.5 Å². The molecule has 1 heterocycles. The van der Waals surface area contributed by atoms with E-state index in [2.05, 4.69) is 46.1 Å². The van der Waals surface area contributed by atoms with Crippen LogP contribution < -0.4 is 10.6 Å². The summed E-state index contributed by atoms with van der Waals surface area (Å²) in [6, 6.07) is 18.5. The fourth-order valence-corrected chi connectivity index (χ4v) is 2.71. The molecule has 3 aromatic rings. The Hall–Kier alpha value is -3.08. The first-order valence-electron chi connectivity index (χ1n) is 8.31. The van der Waals surface area contributed by atoms with Crippen molar-refractivity contribution in [1.29, 1.82) is 0 Å². The summed E-state index contributed by atoms with van der Waals surface area (Å²) in [7, 11) is 3.56. The quantitative estimate of drug-likeness (QED) is 0.727. The maximum Gasteiger partial charge on any atom is 0.221 e. The molecule has 3 rings (SSSR count). The number of nitrogens with one attached hydrogen (secondary N) is 2. The van der Waals surface area contributed by atoms with Crippen LogP contribution in [-0.4, -0.2) is 29.3 Å². The van der Waals surface area contributed by atoms with Crippen LogP contribution in [-0.2, 0) is 11.8 Å². The highest BCUT2D eigenvalue weighted by atomic mass is 16.1. The van der Waals surface area contributed by atoms with E-state index >= 15 is 0 Å². The van der Waals surface area contributed by atoms with E-state index in [1.807, 2.05) is 37.5 Å². The van der Waals surface area contributed by atoms with Crippen LogP contribution in [0.15, 0.2) is 60.8 Å². The zero-order valence-electron chi connectivity index (χ0n) is 14.5. The molecule has 5 heteroatoms. The Balaban J connectivity index is 1.92. The fourth-order valence-electron chi connectivity index (χ4n) is 2.71. The van der Waals surface area contributed by atoms with Gasteiger partial charge in [-0.25, -0.2) is 0 Å². The second-order valence-electron chi connectivity index (χ2n) is 5.85. The molecule has 0 saturated heterocycles. The van der Waals surface area contributed by atoms with Gasteiger partial charge in [0.25, 0.3) is 0 Å². The molecular weight excluding hydrogens is 312 g/mol. The molecule has 128 valence electrons. The SMILES string of the molecule is CNC(=O)CCNc1ccc(-c2ccccc2)cc1-c1ccn(C)n1. The van der Waals surface area contributed by atoms with E-state index in [4.69, 9.17) is 0 Å². The van der Waals surface area contributed by atoms with Crippen molar-refractivity contribution in [3.05, 3.63) is 60.8 Å². The van der Waals surface area contributed by atoms with E-state index in [1.165, 1.54) is 0 Å². The molecule has 5 nitrogen and oxygen atoms in total. The van der Waals surface area contributed by atoms with Crippen LogP contribution in [0, 0.1) is 0 Å². The average Bonchev–Trinajstić information content (AvgIpc) is 3.08. The first-order valence-corrected chi connectivity index (χ1v) is 8.31. The number of nitrogens with zero attached hydrogens (tertiary/aromatic N) is 2. The predicted octanol–water partition coefficient (Wildman–Crippen LogP) is 3.30. The summed E-state index contributed by atoms with van der Waals surface area (Å²) in [5.41, 5.74) is 5.21. The maximum atomic E-state index is 11.4. The minimum atomic E-state index is 0.0211. The van der Waals surface area contributed by atoms with Gasteiger partial charge >= 0.3 is 0 Å². The van der Waals surface area contributed by atoms with Gasteiger partial charge in [0.05, 0.1) is 5.69 Å². The minimum absolute atomic E-state index is 0.0211. The van der Waals surface area contributed by atoms with Crippen molar-refractivity contribution >= 4 is 11.6 Å². The van der Waals surface area contributed by atoms with E-state index in [-0.39, 0.29) is 5.91 Å². The molecule has 2 N–H and O–H groups in total. The summed E-state index contributed by atoms with van der Waals surface area (Å²) < 4.78 is 1.79. The first kappa shape index (κ1) is 16.8. The van der Waals surface area contributed by atoms with Crippen LogP contribution in [0.1, 0.15) is 6.42 Å². The Morgan fingerprint density at radius 3 is 2.56 bits per heavy atom. The minimum Gasteiger partial charge on any atom is -0.384 e. The molecular formula is C20H22N4O. The number of anilines is 1. The summed E-state index contributed by atoms with van der Waals surface area (Å²) in [5, 5.41) is 10.5. The Morgan fingerprint density at radius 1 is 1.08 bits per heavy atom. The lowest BCUT2D eigenvalue weighted by Gasteiger charge is -2.13. The third kappa shape index (κ3) is 4.07. The topological polar surface area (TPSA) is 59.0 Å². The van der Waals surface area contributed by atoms with Crippen LogP contribution >= 0.6 is 0 Å². The average molecular weight is 334 g/mol. The van der Waals surface area contributed by atoms with E-state index in [0.717, 1.165) is 28.1 Å². The van der Waals surface area contributed by atoms with Gasteiger partial charge in [-0.3, -0.25) is 9.48 Å². The van der Waals surface area contributed by atoms with Gasteiger partial charge in [0.1, 0.15) is 0 Å². The van der Waals surface area contributed by atoms with Crippen LogP contribution in [0.4, 0.5) is 5.69 Å². The number of aromatic nitrogens is 2. The Morgan fingerprint density at radius 2 is 1.88 bits per heavy atom. The molecule has 0 atom stereocenters. The largest absolute Gasteiger partial charge is 0.384 e. The van der Waals surface area contributed by atoms with E-state index in [9.17, 15) is 4.79 Å². The highest BCUT2D eigenvalue weighted by Gasteiger charge is 2.10. The Labute approximate surface area is 147 Å². The molecule has 2 aromatic carbocycles. The number of carbonyl (C=O) groups excluding carboxylic acids is 1. The molecule has 1 amide bonds. The van der Waals surface area contributed by atoms with E-state index < -0.39 is 0 Å². The molecule has 25 heavy (non-hydrogen) atoms. The van der Waals surface area contributed by atoms with Crippen molar-refractivity contribution in [3.63, 3.8) is 0 Å². The second kappa shape index (κ2) is 7.66. The zero-order valence-corrected chi connectivity index (χ0v) is 14.5. The smallest absolute Gasteiger partial charge is 0.221 e. The van der Waals surface area contributed by atoms with Gasteiger partial charge < -0.3 is 10.6 Å². The molecule has 0 unspecified atom stereocenters. The first-order chi connectivity index (χ1) is 12.2. The van der Waals surface area contributed by atoms with Gasteiger partial charge in [-0.05, 0) is 29.3 Å². The normalized spacial score (nSPS) is 10.5. The monoisotopic (exact) mass is 334 g/mol. The number of benzene rings is 2. The van der Waals surface area contributed by atoms with Crippen LogP contribution in [0.25, 0.3) is 22.4 Å². The molecule has 0 aliphatic rings. The van der Waals surface area contributed by atoms with E-state index in [1.54, 1.807) is 11.7 Å². The predicted molar refractivity (Wildman–Crippen MR) is 101 cm³/mol. The molecule has 0 saturated carbocycles. The second-order valence-corrected chi connectivity index (χ2v) is 5.85. The summed E-state index contributed by atoms with van der Waals surface area (Å²) >= 11 is 0. The molecule has 1 aromatic heterocycles. The number of carbonyl (C=O) groups is 1. The lowest BCUT2D eigenvalue weighted by atomic mass is 10.00. The Bertz CT molecular complexity index is 855. The molecule has 0 spiro atoms. The highest BCUT2D eigenvalue weighted by molar-refractivity contribution is 5.82. The van der Waals surface area contributed by atoms with Gasteiger partial charge in [0.15, 0.2) is 0 Å². The third-order valence-corrected chi connectivity index (χ3v) is 4.06. The van der Waals surface area contributed by atoms with Crippen molar-refractivity contribution in [2.75, 3.05) is 18.9 Å². The Kier molecular flexibility index (Phi) is 5.14. The number of amides is 1. The van der Waals surface area contributed by atoms with Gasteiger partial charge in [-0.1, -0.05) is 36.4 Å². The molecule has 0 bridgehead atoms. The summed E-state index contributed by atoms with van der Waals surface area (Å²) in [4.78, 5) is 11.4. The van der Waals surface area contributed by atoms with Crippen molar-refractivity contribution in [2.45, 2.75) is 6.42 Å². The summed E-state index contributed by atoms with van der Waals surface area (Å²) in [5.74, 6) is 0.0211.